The summed E-state index contributed by atoms with van der Waals surface area (Å²) in [5.41, 5.74) is 10.6. The zero-order valence-corrected chi connectivity index (χ0v) is 11.5. The second kappa shape index (κ2) is 5.14. The van der Waals surface area contributed by atoms with Gasteiger partial charge in [-0.1, -0.05) is 41.9 Å². The van der Waals surface area contributed by atoms with Crippen molar-refractivity contribution in [3.8, 4) is 0 Å². The van der Waals surface area contributed by atoms with Crippen LogP contribution in [0.5, 0.6) is 0 Å². The maximum atomic E-state index is 6.32. The Labute approximate surface area is 118 Å². The van der Waals surface area contributed by atoms with Crippen molar-refractivity contribution in [2.45, 2.75) is 19.4 Å². The van der Waals surface area contributed by atoms with Gasteiger partial charge >= 0.3 is 0 Å². The van der Waals surface area contributed by atoms with E-state index < -0.39 is 0 Å². The molecule has 0 saturated heterocycles. The van der Waals surface area contributed by atoms with Crippen molar-refractivity contribution < 1.29 is 0 Å². The molecule has 0 aromatic heterocycles. The molecule has 0 spiro atoms. The zero-order chi connectivity index (χ0) is 13.2. The standard InChI is InChI=1S/C16H17ClN2/c17-14-8-3-9-15(18)16(14)19-10-4-7-12-5-1-2-6-13(12)11-19/h1-3,5-6,8-9H,4,7,10-11,18H2. The Bertz CT molecular complexity index is 575. The average Bonchev–Trinajstić information content (AvgIpc) is 2.60. The number of rotatable bonds is 1. The summed E-state index contributed by atoms with van der Waals surface area (Å²) in [6.07, 6.45) is 2.25. The van der Waals surface area contributed by atoms with Crippen LogP contribution < -0.4 is 10.6 Å². The Kier molecular flexibility index (Phi) is 3.34. The number of nitrogens with zero attached hydrogens (tertiary/aromatic N) is 1. The first kappa shape index (κ1) is 12.4. The van der Waals surface area contributed by atoms with Crippen LogP contribution in [-0.2, 0) is 13.0 Å². The smallest absolute Gasteiger partial charge is 0.0792 e. The van der Waals surface area contributed by atoms with Crippen LogP contribution in [0.25, 0.3) is 0 Å². The van der Waals surface area contributed by atoms with E-state index in [0.29, 0.717) is 0 Å². The molecule has 1 heterocycles. The highest BCUT2D eigenvalue weighted by Crippen LogP contribution is 2.34. The van der Waals surface area contributed by atoms with Gasteiger partial charge in [0, 0.05) is 13.1 Å². The second-order valence-electron chi connectivity index (χ2n) is 4.97. The van der Waals surface area contributed by atoms with Crippen LogP contribution >= 0.6 is 11.6 Å². The molecule has 3 rings (SSSR count). The van der Waals surface area contributed by atoms with Crippen molar-refractivity contribution >= 4 is 23.0 Å². The Morgan fingerprint density at radius 2 is 1.79 bits per heavy atom. The second-order valence-corrected chi connectivity index (χ2v) is 5.38. The van der Waals surface area contributed by atoms with Gasteiger partial charge < -0.3 is 10.6 Å². The van der Waals surface area contributed by atoms with Crippen LogP contribution in [0.3, 0.4) is 0 Å². The van der Waals surface area contributed by atoms with E-state index in [2.05, 4.69) is 29.2 Å². The molecule has 2 aromatic rings. The number of nitrogens with two attached hydrogens (primary N) is 1. The SMILES string of the molecule is Nc1cccc(Cl)c1N1CCCc2ccccc2C1. The Morgan fingerprint density at radius 3 is 2.58 bits per heavy atom. The fraction of sp³-hybridized carbons (Fsp3) is 0.250. The molecule has 0 aliphatic carbocycles. The van der Waals surface area contributed by atoms with Crippen LogP contribution in [-0.4, -0.2) is 6.54 Å². The van der Waals surface area contributed by atoms with Gasteiger partial charge in [0.2, 0.25) is 0 Å². The number of hydrogen-bond acceptors (Lipinski definition) is 2. The number of anilines is 2. The summed E-state index contributed by atoms with van der Waals surface area (Å²) in [4.78, 5) is 2.30. The van der Waals surface area contributed by atoms with Crippen molar-refractivity contribution in [1.82, 2.24) is 0 Å². The summed E-state index contributed by atoms with van der Waals surface area (Å²) in [5.74, 6) is 0. The molecule has 0 radical (unpaired) electrons. The van der Waals surface area contributed by atoms with Gasteiger partial charge in [-0.2, -0.15) is 0 Å². The predicted molar refractivity (Wildman–Crippen MR) is 81.7 cm³/mol. The molecule has 0 atom stereocenters. The largest absolute Gasteiger partial charge is 0.397 e. The molecule has 0 saturated carbocycles. The van der Waals surface area contributed by atoms with Gasteiger partial charge in [0.1, 0.15) is 0 Å². The molecular formula is C16H17ClN2. The first-order valence-electron chi connectivity index (χ1n) is 6.61. The minimum absolute atomic E-state index is 0.736. The lowest BCUT2D eigenvalue weighted by molar-refractivity contribution is 0.767. The van der Waals surface area contributed by atoms with Gasteiger partial charge in [-0.15, -0.1) is 0 Å². The lowest BCUT2D eigenvalue weighted by atomic mass is 10.0. The van der Waals surface area contributed by atoms with Crippen molar-refractivity contribution in [3.05, 3.63) is 58.6 Å². The van der Waals surface area contributed by atoms with Gasteiger partial charge in [-0.25, -0.2) is 0 Å². The van der Waals surface area contributed by atoms with Gasteiger partial charge in [-0.3, -0.25) is 0 Å². The lowest BCUT2D eigenvalue weighted by Crippen LogP contribution is -2.23. The third-order valence-corrected chi connectivity index (χ3v) is 3.99. The molecule has 2 N–H and O–H groups in total. The summed E-state index contributed by atoms with van der Waals surface area (Å²) in [5, 5.41) is 0.736. The van der Waals surface area contributed by atoms with Crippen LogP contribution in [0.15, 0.2) is 42.5 Å². The summed E-state index contributed by atoms with van der Waals surface area (Å²) < 4.78 is 0. The van der Waals surface area contributed by atoms with Crippen LogP contribution in [0, 0.1) is 0 Å². The maximum absolute atomic E-state index is 6.32. The normalized spacial score (nSPS) is 14.9. The van der Waals surface area contributed by atoms with Crippen molar-refractivity contribution in [2.75, 3.05) is 17.2 Å². The minimum atomic E-state index is 0.736. The highest BCUT2D eigenvalue weighted by Gasteiger charge is 2.18. The molecule has 0 fully saturated rings. The Morgan fingerprint density at radius 1 is 1.00 bits per heavy atom. The summed E-state index contributed by atoms with van der Waals surface area (Å²) >= 11 is 6.32. The van der Waals surface area contributed by atoms with Crippen molar-refractivity contribution in [3.63, 3.8) is 0 Å². The Balaban J connectivity index is 1.99. The predicted octanol–water partition coefficient (Wildman–Crippen LogP) is 3.88. The summed E-state index contributed by atoms with van der Waals surface area (Å²) in [6.45, 7) is 1.87. The number of fused-ring (bicyclic) bond motifs is 1. The van der Waals surface area contributed by atoms with Gasteiger partial charge in [0.15, 0.2) is 0 Å². The fourth-order valence-electron chi connectivity index (χ4n) is 2.76. The molecule has 0 unspecified atom stereocenters. The third kappa shape index (κ3) is 2.41. The molecule has 0 amide bonds. The summed E-state index contributed by atoms with van der Waals surface area (Å²) in [6, 6.07) is 14.3. The maximum Gasteiger partial charge on any atom is 0.0792 e. The van der Waals surface area contributed by atoms with E-state index in [0.717, 1.165) is 42.3 Å². The Hall–Kier alpha value is -1.67. The molecule has 1 aliphatic heterocycles. The molecule has 2 nitrogen and oxygen atoms in total. The first-order valence-corrected chi connectivity index (χ1v) is 6.99. The number of hydrogen-bond donors (Lipinski definition) is 1. The minimum Gasteiger partial charge on any atom is -0.397 e. The molecular weight excluding hydrogens is 256 g/mol. The van der Waals surface area contributed by atoms with E-state index >= 15 is 0 Å². The van der Waals surface area contributed by atoms with E-state index in [1.54, 1.807) is 0 Å². The van der Waals surface area contributed by atoms with Gasteiger partial charge in [0.05, 0.1) is 16.4 Å². The molecule has 3 heteroatoms. The van der Waals surface area contributed by atoms with E-state index in [1.165, 1.54) is 11.1 Å². The quantitative estimate of drug-likeness (QED) is 0.799. The van der Waals surface area contributed by atoms with Crippen LogP contribution in [0.2, 0.25) is 5.02 Å². The van der Waals surface area contributed by atoms with Crippen molar-refractivity contribution in [2.24, 2.45) is 0 Å². The number of benzene rings is 2. The number of para-hydroxylation sites is 1. The molecule has 98 valence electrons. The van der Waals surface area contributed by atoms with E-state index in [4.69, 9.17) is 17.3 Å². The van der Waals surface area contributed by atoms with E-state index in [1.807, 2.05) is 18.2 Å². The lowest BCUT2D eigenvalue weighted by Gasteiger charge is -2.25. The van der Waals surface area contributed by atoms with Crippen molar-refractivity contribution in [1.29, 1.82) is 0 Å². The molecule has 1 aliphatic rings. The van der Waals surface area contributed by atoms with Gasteiger partial charge in [0.25, 0.3) is 0 Å². The fourth-order valence-corrected chi connectivity index (χ4v) is 3.06. The topological polar surface area (TPSA) is 29.3 Å². The van der Waals surface area contributed by atoms with E-state index in [-0.39, 0.29) is 0 Å². The summed E-state index contributed by atoms with van der Waals surface area (Å²) in [7, 11) is 0. The number of nitrogen functional groups attached to an aromatic ring is 1. The van der Waals surface area contributed by atoms with Crippen LogP contribution in [0.4, 0.5) is 11.4 Å². The molecule has 2 aromatic carbocycles. The molecule has 0 bridgehead atoms. The van der Waals surface area contributed by atoms with E-state index in [9.17, 15) is 0 Å². The monoisotopic (exact) mass is 272 g/mol. The third-order valence-electron chi connectivity index (χ3n) is 3.69. The van der Waals surface area contributed by atoms with Crippen LogP contribution in [0.1, 0.15) is 17.5 Å². The zero-order valence-electron chi connectivity index (χ0n) is 10.8. The average molecular weight is 273 g/mol. The highest BCUT2D eigenvalue weighted by molar-refractivity contribution is 6.34. The first-order chi connectivity index (χ1) is 9.25. The number of aryl methyl sites for hydroxylation is 1. The number of halogens is 1. The van der Waals surface area contributed by atoms with Gasteiger partial charge in [-0.05, 0) is 36.1 Å². The molecule has 19 heavy (non-hydrogen) atoms. The highest BCUT2D eigenvalue weighted by atomic mass is 35.5.